The SMILES string of the molecule is CCN(CC(C)C#N)S(=O)(=O)CC(C)C. The topological polar surface area (TPSA) is 61.2 Å². The van der Waals surface area contributed by atoms with Crippen molar-refractivity contribution in [2.75, 3.05) is 18.8 Å². The molecule has 0 aromatic carbocycles. The second-order valence-corrected chi connectivity index (χ2v) is 6.17. The molecule has 0 amide bonds. The summed E-state index contributed by atoms with van der Waals surface area (Å²) in [5.74, 6) is 0.00671. The van der Waals surface area contributed by atoms with Crippen LogP contribution in [0.1, 0.15) is 27.7 Å². The molecular weight excluding hydrogens is 212 g/mol. The fourth-order valence-corrected chi connectivity index (χ4v) is 3.21. The van der Waals surface area contributed by atoms with Crippen molar-refractivity contribution >= 4 is 10.0 Å². The molecule has 5 heteroatoms. The maximum absolute atomic E-state index is 11.8. The Labute approximate surface area is 92.9 Å². The molecule has 0 N–H and O–H groups in total. The second-order valence-electron chi connectivity index (χ2n) is 4.15. The number of hydrogen-bond donors (Lipinski definition) is 0. The molecule has 0 fully saturated rings. The quantitative estimate of drug-likeness (QED) is 0.696. The third-order valence-corrected chi connectivity index (χ3v) is 4.27. The van der Waals surface area contributed by atoms with Crippen LogP contribution in [0.4, 0.5) is 0 Å². The number of nitrogens with zero attached hydrogens (tertiary/aromatic N) is 2. The summed E-state index contributed by atoms with van der Waals surface area (Å²) < 4.78 is 25.1. The number of hydrogen-bond acceptors (Lipinski definition) is 3. The van der Waals surface area contributed by atoms with Gasteiger partial charge in [-0.25, -0.2) is 12.7 Å². The summed E-state index contributed by atoms with van der Waals surface area (Å²) in [4.78, 5) is 0. The molecule has 0 bridgehead atoms. The van der Waals surface area contributed by atoms with E-state index < -0.39 is 10.0 Å². The molecule has 0 saturated carbocycles. The minimum atomic E-state index is -3.19. The van der Waals surface area contributed by atoms with Gasteiger partial charge < -0.3 is 0 Å². The van der Waals surface area contributed by atoms with Crippen LogP contribution < -0.4 is 0 Å². The Kier molecular flexibility index (Phi) is 5.84. The zero-order valence-electron chi connectivity index (χ0n) is 9.90. The Hall–Kier alpha value is -0.600. The Balaban J connectivity index is 4.60. The molecule has 0 aromatic heterocycles. The molecule has 15 heavy (non-hydrogen) atoms. The highest BCUT2D eigenvalue weighted by atomic mass is 32.2. The lowest BCUT2D eigenvalue weighted by Crippen LogP contribution is -2.37. The van der Waals surface area contributed by atoms with E-state index in [-0.39, 0.29) is 17.6 Å². The lowest BCUT2D eigenvalue weighted by molar-refractivity contribution is 0.396. The smallest absolute Gasteiger partial charge is 0.212 e. The molecule has 0 saturated heterocycles. The van der Waals surface area contributed by atoms with Crippen molar-refractivity contribution in [3.8, 4) is 6.07 Å². The monoisotopic (exact) mass is 232 g/mol. The molecule has 0 rings (SSSR count). The first-order valence-corrected chi connectivity index (χ1v) is 6.81. The molecule has 88 valence electrons. The van der Waals surface area contributed by atoms with Crippen LogP contribution in [0.5, 0.6) is 0 Å². The largest absolute Gasteiger partial charge is 0.214 e. The Morgan fingerprint density at radius 1 is 1.33 bits per heavy atom. The first kappa shape index (κ1) is 14.4. The van der Waals surface area contributed by atoms with Crippen LogP contribution in [-0.4, -0.2) is 31.6 Å². The lowest BCUT2D eigenvalue weighted by Gasteiger charge is -2.22. The highest BCUT2D eigenvalue weighted by molar-refractivity contribution is 7.89. The maximum Gasteiger partial charge on any atom is 0.214 e. The van der Waals surface area contributed by atoms with Gasteiger partial charge in [-0.2, -0.15) is 5.26 Å². The van der Waals surface area contributed by atoms with Gasteiger partial charge in [-0.15, -0.1) is 0 Å². The normalized spacial score (nSPS) is 14.2. The minimum absolute atomic E-state index is 0.112. The van der Waals surface area contributed by atoms with E-state index in [0.29, 0.717) is 13.1 Å². The van der Waals surface area contributed by atoms with Gasteiger partial charge >= 0.3 is 0 Å². The van der Waals surface area contributed by atoms with Gasteiger partial charge in [0.1, 0.15) is 0 Å². The second kappa shape index (κ2) is 6.09. The first-order valence-electron chi connectivity index (χ1n) is 5.20. The third-order valence-electron chi connectivity index (χ3n) is 1.99. The average Bonchev–Trinajstić information content (AvgIpc) is 2.11. The van der Waals surface area contributed by atoms with E-state index in [0.717, 1.165) is 0 Å². The van der Waals surface area contributed by atoms with Crippen LogP contribution in [0.15, 0.2) is 0 Å². The van der Waals surface area contributed by atoms with Crippen LogP contribution in [0, 0.1) is 23.2 Å². The Morgan fingerprint density at radius 3 is 2.20 bits per heavy atom. The van der Waals surface area contributed by atoms with Crippen molar-refractivity contribution in [3.05, 3.63) is 0 Å². The van der Waals surface area contributed by atoms with Crippen molar-refractivity contribution in [1.82, 2.24) is 4.31 Å². The zero-order valence-corrected chi connectivity index (χ0v) is 10.7. The minimum Gasteiger partial charge on any atom is -0.212 e. The fourth-order valence-electron chi connectivity index (χ4n) is 1.31. The van der Waals surface area contributed by atoms with E-state index in [4.69, 9.17) is 5.26 Å². The number of rotatable bonds is 6. The molecule has 0 radical (unpaired) electrons. The van der Waals surface area contributed by atoms with Crippen molar-refractivity contribution in [3.63, 3.8) is 0 Å². The molecule has 0 heterocycles. The summed E-state index contributed by atoms with van der Waals surface area (Å²) in [7, 11) is -3.19. The fraction of sp³-hybridized carbons (Fsp3) is 0.900. The van der Waals surface area contributed by atoms with Crippen molar-refractivity contribution < 1.29 is 8.42 Å². The molecule has 0 aliphatic rings. The predicted octanol–water partition coefficient (Wildman–Crippen LogP) is 1.45. The summed E-state index contributed by atoms with van der Waals surface area (Å²) in [6.45, 7) is 8.00. The number of sulfonamides is 1. The van der Waals surface area contributed by atoms with Gasteiger partial charge in [0.2, 0.25) is 10.0 Å². The van der Waals surface area contributed by atoms with Gasteiger partial charge in [0.15, 0.2) is 0 Å². The van der Waals surface area contributed by atoms with Crippen LogP contribution >= 0.6 is 0 Å². The molecule has 0 spiro atoms. The van der Waals surface area contributed by atoms with E-state index in [2.05, 4.69) is 0 Å². The van der Waals surface area contributed by atoms with Crippen molar-refractivity contribution in [2.24, 2.45) is 11.8 Å². The van der Waals surface area contributed by atoms with E-state index in [1.807, 2.05) is 19.9 Å². The maximum atomic E-state index is 11.8. The zero-order chi connectivity index (χ0) is 12.1. The first-order chi connectivity index (χ1) is 6.83. The summed E-state index contributed by atoms with van der Waals surface area (Å²) in [5, 5.41) is 8.66. The molecule has 0 aliphatic carbocycles. The van der Waals surface area contributed by atoms with Crippen molar-refractivity contribution in [2.45, 2.75) is 27.7 Å². The molecule has 1 unspecified atom stereocenters. The van der Waals surface area contributed by atoms with Gasteiger partial charge in [-0.05, 0) is 12.8 Å². The standard InChI is InChI=1S/C10H20N2O2S/c1-5-12(7-10(4)6-11)15(13,14)8-9(2)3/h9-10H,5,7-8H2,1-4H3. The van der Waals surface area contributed by atoms with Gasteiger partial charge in [-0.1, -0.05) is 20.8 Å². The van der Waals surface area contributed by atoms with E-state index in [9.17, 15) is 8.42 Å². The van der Waals surface area contributed by atoms with Gasteiger partial charge in [0.05, 0.1) is 17.7 Å². The van der Waals surface area contributed by atoms with E-state index >= 15 is 0 Å². The molecule has 4 nitrogen and oxygen atoms in total. The highest BCUT2D eigenvalue weighted by Crippen LogP contribution is 2.09. The molecular formula is C10H20N2O2S. The van der Waals surface area contributed by atoms with E-state index in [1.54, 1.807) is 13.8 Å². The van der Waals surface area contributed by atoms with Crippen LogP contribution in [0.25, 0.3) is 0 Å². The molecule has 0 aromatic rings. The van der Waals surface area contributed by atoms with Gasteiger partial charge in [-0.3, -0.25) is 0 Å². The highest BCUT2D eigenvalue weighted by Gasteiger charge is 2.23. The Morgan fingerprint density at radius 2 is 1.87 bits per heavy atom. The third kappa shape index (κ3) is 5.14. The summed E-state index contributed by atoms with van der Waals surface area (Å²) in [6.07, 6.45) is 0. The number of nitriles is 1. The summed E-state index contributed by atoms with van der Waals surface area (Å²) >= 11 is 0. The van der Waals surface area contributed by atoms with Crippen LogP contribution in [0.3, 0.4) is 0 Å². The molecule has 1 atom stereocenters. The molecule has 0 aliphatic heterocycles. The van der Waals surface area contributed by atoms with Crippen LogP contribution in [0.2, 0.25) is 0 Å². The predicted molar refractivity (Wildman–Crippen MR) is 60.6 cm³/mol. The van der Waals surface area contributed by atoms with Crippen LogP contribution in [-0.2, 0) is 10.0 Å². The lowest BCUT2D eigenvalue weighted by atomic mass is 10.2. The van der Waals surface area contributed by atoms with Gasteiger partial charge in [0.25, 0.3) is 0 Å². The van der Waals surface area contributed by atoms with E-state index in [1.165, 1.54) is 4.31 Å². The summed E-state index contributed by atoms with van der Waals surface area (Å²) in [6, 6.07) is 2.05. The van der Waals surface area contributed by atoms with Crippen molar-refractivity contribution in [1.29, 1.82) is 5.26 Å². The summed E-state index contributed by atoms with van der Waals surface area (Å²) in [5.41, 5.74) is 0. The average molecular weight is 232 g/mol. The van der Waals surface area contributed by atoms with Gasteiger partial charge in [0, 0.05) is 13.1 Å². The Bertz CT molecular complexity index is 317.